The lowest BCUT2D eigenvalue weighted by Crippen LogP contribution is -2.25. The van der Waals surface area contributed by atoms with Crippen molar-refractivity contribution in [2.24, 2.45) is 0 Å². The second-order valence-electron chi connectivity index (χ2n) is 5.72. The van der Waals surface area contributed by atoms with Crippen LogP contribution in [0.4, 0.5) is 0 Å². The van der Waals surface area contributed by atoms with E-state index in [4.69, 9.17) is 0 Å². The molecule has 2 rings (SSSR count). The van der Waals surface area contributed by atoms with Crippen molar-refractivity contribution < 1.29 is 13.2 Å². The Balaban J connectivity index is 1.91. The lowest BCUT2D eigenvalue weighted by molar-refractivity contribution is 0.0954. The van der Waals surface area contributed by atoms with E-state index in [2.05, 4.69) is 5.32 Å². The van der Waals surface area contributed by atoms with Crippen LogP contribution in [-0.2, 0) is 16.3 Å². The zero-order chi connectivity index (χ0) is 17.0. The molecule has 122 valence electrons. The fourth-order valence-corrected chi connectivity index (χ4v) is 2.84. The zero-order valence-electron chi connectivity index (χ0n) is 13.6. The highest BCUT2D eigenvalue weighted by Crippen LogP contribution is 2.11. The number of rotatable bonds is 5. The summed E-state index contributed by atoms with van der Waals surface area (Å²) in [5, 5.41) is 2.88. The third kappa shape index (κ3) is 4.66. The van der Waals surface area contributed by atoms with Crippen LogP contribution in [0.5, 0.6) is 0 Å². The maximum atomic E-state index is 12.1. The van der Waals surface area contributed by atoms with Crippen LogP contribution in [0.1, 0.15) is 27.0 Å². The summed E-state index contributed by atoms with van der Waals surface area (Å²) >= 11 is 0. The summed E-state index contributed by atoms with van der Waals surface area (Å²) in [6.07, 6.45) is 1.84. The largest absolute Gasteiger partial charge is 0.352 e. The third-order valence-corrected chi connectivity index (χ3v) is 4.95. The molecule has 23 heavy (non-hydrogen) atoms. The van der Waals surface area contributed by atoms with E-state index in [1.165, 1.54) is 6.26 Å². The Morgan fingerprint density at radius 1 is 1.00 bits per heavy atom. The van der Waals surface area contributed by atoms with Gasteiger partial charge in [-0.15, -0.1) is 0 Å². The van der Waals surface area contributed by atoms with E-state index in [0.717, 1.165) is 16.7 Å². The minimum absolute atomic E-state index is 0.0964. The molecule has 2 aromatic rings. The Morgan fingerprint density at radius 2 is 1.65 bits per heavy atom. The molecule has 0 aliphatic carbocycles. The van der Waals surface area contributed by atoms with Crippen molar-refractivity contribution in [1.82, 2.24) is 5.32 Å². The Bertz CT molecular complexity index is 809. The van der Waals surface area contributed by atoms with Crippen molar-refractivity contribution in [2.45, 2.75) is 25.2 Å². The number of sulfone groups is 1. The molecule has 0 aromatic heterocycles. The van der Waals surface area contributed by atoms with Crippen LogP contribution in [0.2, 0.25) is 0 Å². The molecule has 2 aromatic carbocycles. The molecule has 0 fully saturated rings. The SMILES string of the molecule is Cc1ccc(C(=O)NCCc2ccc(S(C)(=O)=O)cc2)cc1C. The Kier molecular flexibility index (Phi) is 5.21. The number of amides is 1. The van der Waals surface area contributed by atoms with Gasteiger partial charge in [0.05, 0.1) is 4.90 Å². The fraction of sp³-hybridized carbons (Fsp3) is 0.278. The normalized spacial score (nSPS) is 11.3. The standard InChI is InChI=1S/C18H21NO3S/c1-13-4-7-16(12-14(13)2)18(20)19-11-10-15-5-8-17(9-6-15)23(3,21)22/h4-9,12H,10-11H2,1-3H3,(H,19,20). The van der Waals surface area contributed by atoms with Gasteiger partial charge in [0.2, 0.25) is 0 Å². The number of hydrogen-bond donors (Lipinski definition) is 1. The molecule has 0 saturated carbocycles. The molecule has 0 atom stereocenters. The molecular formula is C18H21NO3S. The molecule has 0 radical (unpaired) electrons. The van der Waals surface area contributed by atoms with Gasteiger partial charge in [0, 0.05) is 18.4 Å². The molecule has 0 aliphatic heterocycles. The van der Waals surface area contributed by atoms with Crippen LogP contribution in [0.15, 0.2) is 47.4 Å². The maximum absolute atomic E-state index is 12.1. The van der Waals surface area contributed by atoms with Crippen molar-refractivity contribution in [3.63, 3.8) is 0 Å². The summed E-state index contributed by atoms with van der Waals surface area (Å²) in [5.74, 6) is -0.0964. The van der Waals surface area contributed by atoms with Crippen molar-refractivity contribution in [3.05, 3.63) is 64.7 Å². The summed E-state index contributed by atoms with van der Waals surface area (Å²) in [5.41, 5.74) is 3.89. The molecule has 0 aliphatic rings. The van der Waals surface area contributed by atoms with Crippen molar-refractivity contribution in [2.75, 3.05) is 12.8 Å². The Labute approximate surface area is 137 Å². The van der Waals surface area contributed by atoms with Crippen LogP contribution >= 0.6 is 0 Å². The lowest BCUT2D eigenvalue weighted by atomic mass is 10.1. The molecule has 4 nitrogen and oxygen atoms in total. The maximum Gasteiger partial charge on any atom is 0.251 e. The molecule has 1 N–H and O–H groups in total. The number of aryl methyl sites for hydroxylation is 2. The second kappa shape index (κ2) is 6.96. The summed E-state index contributed by atoms with van der Waals surface area (Å²) in [6, 6.07) is 12.4. The molecular weight excluding hydrogens is 310 g/mol. The predicted octanol–water partition coefficient (Wildman–Crippen LogP) is 2.68. The fourth-order valence-electron chi connectivity index (χ4n) is 2.21. The van der Waals surface area contributed by atoms with Gasteiger partial charge in [-0.1, -0.05) is 18.2 Å². The highest BCUT2D eigenvalue weighted by Gasteiger charge is 2.08. The third-order valence-electron chi connectivity index (χ3n) is 3.82. The van der Waals surface area contributed by atoms with Gasteiger partial charge in [0.25, 0.3) is 5.91 Å². The molecule has 0 spiro atoms. The van der Waals surface area contributed by atoms with E-state index in [0.29, 0.717) is 23.4 Å². The first-order chi connectivity index (χ1) is 10.8. The zero-order valence-corrected chi connectivity index (χ0v) is 14.4. The summed E-state index contributed by atoms with van der Waals surface area (Å²) < 4.78 is 22.8. The molecule has 0 heterocycles. The van der Waals surface area contributed by atoms with Crippen LogP contribution < -0.4 is 5.32 Å². The number of hydrogen-bond acceptors (Lipinski definition) is 3. The van der Waals surface area contributed by atoms with Crippen molar-refractivity contribution in [1.29, 1.82) is 0 Å². The number of benzene rings is 2. The average molecular weight is 331 g/mol. The van der Waals surface area contributed by atoms with Gasteiger partial charge in [0.1, 0.15) is 0 Å². The molecule has 5 heteroatoms. The van der Waals surface area contributed by atoms with E-state index < -0.39 is 9.84 Å². The van der Waals surface area contributed by atoms with E-state index in [-0.39, 0.29) is 5.91 Å². The first-order valence-electron chi connectivity index (χ1n) is 7.42. The molecule has 0 saturated heterocycles. The van der Waals surface area contributed by atoms with E-state index in [9.17, 15) is 13.2 Å². The highest BCUT2D eigenvalue weighted by molar-refractivity contribution is 7.90. The van der Waals surface area contributed by atoms with Gasteiger partial charge < -0.3 is 5.32 Å². The number of carbonyl (C=O) groups is 1. The summed E-state index contributed by atoms with van der Waals surface area (Å²) in [7, 11) is -3.17. The smallest absolute Gasteiger partial charge is 0.251 e. The van der Waals surface area contributed by atoms with Gasteiger partial charge in [-0.2, -0.15) is 0 Å². The Hall–Kier alpha value is -2.14. The van der Waals surface area contributed by atoms with Gasteiger partial charge >= 0.3 is 0 Å². The number of carbonyl (C=O) groups excluding carboxylic acids is 1. The summed E-state index contributed by atoms with van der Waals surface area (Å²) in [4.78, 5) is 12.4. The molecule has 0 bridgehead atoms. The minimum Gasteiger partial charge on any atom is -0.352 e. The van der Waals surface area contributed by atoms with E-state index >= 15 is 0 Å². The quantitative estimate of drug-likeness (QED) is 0.916. The topological polar surface area (TPSA) is 63.2 Å². The predicted molar refractivity (Wildman–Crippen MR) is 91.5 cm³/mol. The van der Waals surface area contributed by atoms with Gasteiger partial charge in [-0.25, -0.2) is 8.42 Å². The van der Waals surface area contributed by atoms with E-state index in [1.54, 1.807) is 24.3 Å². The number of nitrogens with one attached hydrogen (secondary N) is 1. The van der Waals surface area contributed by atoms with E-state index in [1.807, 2.05) is 32.0 Å². The highest BCUT2D eigenvalue weighted by atomic mass is 32.2. The Morgan fingerprint density at radius 3 is 2.22 bits per heavy atom. The second-order valence-corrected chi connectivity index (χ2v) is 7.74. The van der Waals surface area contributed by atoms with Crippen LogP contribution in [-0.4, -0.2) is 27.1 Å². The molecule has 0 unspecified atom stereocenters. The van der Waals surface area contributed by atoms with Gasteiger partial charge in [-0.3, -0.25) is 4.79 Å². The first kappa shape index (κ1) is 17.2. The van der Waals surface area contributed by atoms with Gasteiger partial charge in [-0.05, 0) is 61.2 Å². The average Bonchev–Trinajstić information content (AvgIpc) is 2.49. The van der Waals surface area contributed by atoms with Crippen LogP contribution in [0.25, 0.3) is 0 Å². The lowest BCUT2D eigenvalue weighted by Gasteiger charge is -2.08. The van der Waals surface area contributed by atoms with Crippen molar-refractivity contribution in [3.8, 4) is 0 Å². The van der Waals surface area contributed by atoms with Crippen molar-refractivity contribution >= 4 is 15.7 Å². The van der Waals surface area contributed by atoms with Gasteiger partial charge in [0.15, 0.2) is 9.84 Å². The van der Waals surface area contributed by atoms with Crippen LogP contribution in [0, 0.1) is 13.8 Å². The minimum atomic E-state index is -3.17. The monoisotopic (exact) mass is 331 g/mol. The summed E-state index contributed by atoms with van der Waals surface area (Å²) in [6.45, 7) is 4.50. The molecule has 1 amide bonds. The first-order valence-corrected chi connectivity index (χ1v) is 9.31. The van der Waals surface area contributed by atoms with Crippen LogP contribution in [0.3, 0.4) is 0 Å².